The van der Waals surface area contributed by atoms with Crippen molar-refractivity contribution in [3.63, 3.8) is 0 Å². The first-order valence-electron chi connectivity index (χ1n) is 6.52. The van der Waals surface area contributed by atoms with E-state index in [1.54, 1.807) is 18.3 Å². The number of nitrogens with zero attached hydrogens (tertiary/aromatic N) is 2. The summed E-state index contributed by atoms with van der Waals surface area (Å²) >= 11 is 5.92. The quantitative estimate of drug-likeness (QED) is 0.835. The number of nitrogens with one attached hydrogen (secondary N) is 1. The minimum atomic E-state index is -0.331. The molecular formula is C15H16ClN3O2. The summed E-state index contributed by atoms with van der Waals surface area (Å²) < 4.78 is 0. The van der Waals surface area contributed by atoms with Crippen LogP contribution in [0.1, 0.15) is 5.56 Å². The fraction of sp³-hybridized carbons (Fsp3) is 0.200. The molecule has 0 radical (unpaired) electrons. The fourth-order valence-electron chi connectivity index (χ4n) is 1.85. The minimum Gasteiger partial charge on any atom is -0.395 e. The first kappa shape index (κ1) is 15.3. The molecule has 1 aromatic heterocycles. The summed E-state index contributed by atoms with van der Waals surface area (Å²) in [5, 5.41) is 12.1. The average molecular weight is 306 g/mol. The summed E-state index contributed by atoms with van der Waals surface area (Å²) in [4.78, 5) is 17.7. The van der Waals surface area contributed by atoms with E-state index in [1.807, 2.05) is 30.3 Å². The van der Waals surface area contributed by atoms with Crippen LogP contribution in [0.4, 0.5) is 10.5 Å². The van der Waals surface area contributed by atoms with Crippen LogP contribution in [0.5, 0.6) is 0 Å². The molecule has 110 valence electrons. The van der Waals surface area contributed by atoms with Crippen molar-refractivity contribution in [2.45, 2.75) is 6.54 Å². The standard InChI is InChI=1S/C15H16ClN3O2/c16-14-13(7-4-8-17-14)18-15(21)19(9-10-20)11-12-5-2-1-3-6-12/h1-8,20H,9-11H2,(H,18,21). The van der Waals surface area contributed by atoms with Gasteiger partial charge in [-0.3, -0.25) is 0 Å². The van der Waals surface area contributed by atoms with E-state index in [0.717, 1.165) is 5.56 Å². The van der Waals surface area contributed by atoms with Gasteiger partial charge in [0.15, 0.2) is 5.15 Å². The number of hydrogen-bond acceptors (Lipinski definition) is 3. The van der Waals surface area contributed by atoms with Gasteiger partial charge in [0.1, 0.15) is 0 Å². The molecule has 5 nitrogen and oxygen atoms in total. The second-order valence-electron chi connectivity index (χ2n) is 4.40. The summed E-state index contributed by atoms with van der Waals surface area (Å²) in [6.07, 6.45) is 1.55. The van der Waals surface area contributed by atoms with Crippen LogP contribution in [0.2, 0.25) is 5.15 Å². The Kier molecular flexibility index (Phi) is 5.54. The second-order valence-corrected chi connectivity index (χ2v) is 4.76. The number of carbonyl (C=O) groups excluding carboxylic acids is 1. The van der Waals surface area contributed by atoms with Crippen molar-refractivity contribution in [1.29, 1.82) is 0 Å². The number of urea groups is 1. The van der Waals surface area contributed by atoms with Crippen LogP contribution in [-0.4, -0.2) is 34.2 Å². The molecular weight excluding hydrogens is 290 g/mol. The molecule has 0 aliphatic heterocycles. The van der Waals surface area contributed by atoms with Crippen LogP contribution >= 0.6 is 11.6 Å². The molecule has 2 aromatic rings. The molecule has 0 fully saturated rings. The van der Waals surface area contributed by atoms with E-state index in [2.05, 4.69) is 10.3 Å². The number of pyridine rings is 1. The van der Waals surface area contributed by atoms with Crippen LogP contribution in [0.3, 0.4) is 0 Å². The van der Waals surface area contributed by atoms with Gasteiger partial charge >= 0.3 is 6.03 Å². The highest BCUT2D eigenvalue weighted by Crippen LogP contribution is 2.18. The third-order valence-electron chi connectivity index (χ3n) is 2.87. The highest BCUT2D eigenvalue weighted by atomic mass is 35.5. The number of aromatic nitrogens is 1. The van der Waals surface area contributed by atoms with Crippen LogP contribution in [0.15, 0.2) is 48.7 Å². The Morgan fingerprint density at radius 1 is 1.24 bits per heavy atom. The molecule has 6 heteroatoms. The summed E-state index contributed by atoms with van der Waals surface area (Å²) in [5.41, 5.74) is 1.43. The first-order chi connectivity index (χ1) is 10.2. The highest BCUT2D eigenvalue weighted by molar-refractivity contribution is 6.32. The smallest absolute Gasteiger partial charge is 0.322 e. The number of anilines is 1. The molecule has 1 heterocycles. The van der Waals surface area contributed by atoms with Crippen LogP contribution in [-0.2, 0) is 6.54 Å². The lowest BCUT2D eigenvalue weighted by Gasteiger charge is -2.22. The zero-order valence-electron chi connectivity index (χ0n) is 11.4. The summed E-state index contributed by atoms with van der Waals surface area (Å²) in [5.74, 6) is 0. The molecule has 2 amide bonds. The van der Waals surface area contributed by atoms with E-state index in [-0.39, 0.29) is 24.3 Å². The Labute approximate surface area is 128 Å². The van der Waals surface area contributed by atoms with Gasteiger partial charge in [-0.2, -0.15) is 0 Å². The third kappa shape index (κ3) is 4.44. The van der Waals surface area contributed by atoms with E-state index in [4.69, 9.17) is 16.7 Å². The molecule has 0 saturated carbocycles. The van der Waals surface area contributed by atoms with E-state index >= 15 is 0 Å². The number of hydrogen-bond donors (Lipinski definition) is 2. The molecule has 2 rings (SSSR count). The fourth-order valence-corrected chi connectivity index (χ4v) is 2.02. The molecule has 21 heavy (non-hydrogen) atoms. The second kappa shape index (κ2) is 7.61. The molecule has 0 bridgehead atoms. The van der Waals surface area contributed by atoms with Gasteiger partial charge in [0.2, 0.25) is 0 Å². The zero-order chi connectivity index (χ0) is 15.1. The van der Waals surface area contributed by atoms with Crippen LogP contribution in [0.25, 0.3) is 0 Å². The van der Waals surface area contributed by atoms with E-state index in [9.17, 15) is 4.79 Å². The number of aliphatic hydroxyl groups is 1. The Bertz CT molecular complexity index is 592. The normalized spacial score (nSPS) is 10.2. The number of amides is 2. The topological polar surface area (TPSA) is 65.5 Å². The van der Waals surface area contributed by atoms with Crippen molar-refractivity contribution in [1.82, 2.24) is 9.88 Å². The molecule has 0 unspecified atom stereocenters. The molecule has 2 N–H and O–H groups in total. The molecule has 1 aromatic carbocycles. The Morgan fingerprint density at radius 3 is 2.67 bits per heavy atom. The van der Waals surface area contributed by atoms with E-state index < -0.39 is 0 Å². The summed E-state index contributed by atoms with van der Waals surface area (Å²) in [6, 6.07) is 12.6. The molecule has 0 saturated heterocycles. The summed E-state index contributed by atoms with van der Waals surface area (Å²) in [6.45, 7) is 0.532. The van der Waals surface area contributed by atoms with Crippen molar-refractivity contribution in [3.8, 4) is 0 Å². The maximum Gasteiger partial charge on any atom is 0.322 e. The number of rotatable bonds is 5. The highest BCUT2D eigenvalue weighted by Gasteiger charge is 2.15. The lowest BCUT2D eigenvalue weighted by molar-refractivity contribution is 0.185. The van der Waals surface area contributed by atoms with Gasteiger partial charge < -0.3 is 15.3 Å². The van der Waals surface area contributed by atoms with Gasteiger partial charge in [0.05, 0.1) is 12.3 Å². The Hall–Kier alpha value is -2.11. The van der Waals surface area contributed by atoms with Crippen molar-refractivity contribution < 1.29 is 9.90 Å². The zero-order valence-corrected chi connectivity index (χ0v) is 12.1. The van der Waals surface area contributed by atoms with Gasteiger partial charge in [-0.1, -0.05) is 41.9 Å². The van der Waals surface area contributed by atoms with Crippen molar-refractivity contribution in [3.05, 3.63) is 59.4 Å². The maximum absolute atomic E-state index is 12.3. The first-order valence-corrected chi connectivity index (χ1v) is 6.89. The maximum atomic E-state index is 12.3. The third-order valence-corrected chi connectivity index (χ3v) is 3.18. The van der Waals surface area contributed by atoms with Gasteiger partial charge in [0.25, 0.3) is 0 Å². The average Bonchev–Trinajstić information content (AvgIpc) is 2.50. The van der Waals surface area contributed by atoms with Gasteiger partial charge in [-0.25, -0.2) is 9.78 Å². The molecule has 0 aliphatic carbocycles. The number of benzene rings is 1. The van der Waals surface area contributed by atoms with Crippen LogP contribution in [0, 0.1) is 0 Å². The monoisotopic (exact) mass is 305 g/mol. The largest absolute Gasteiger partial charge is 0.395 e. The summed E-state index contributed by atoms with van der Waals surface area (Å²) in [7, 11) is 0. The molecule has 0 spiro atoms. The SMILES string of the molecule is O=C(Nc1cccnc1Cl)N(CCO)Cc1ccccc1. The Balaban J connectivity index is 2.07. The lowest BCUT2D eigenvalue weighted by atomic mass is 10.2. The van der Waals surface area contributed by atoms with Gasteiger partial charge in [0, 0.05) is 19.3 Å². The molecule has 0 atom stereocenters. The van der Waals surface area contributed by atoms with Crippen LogP contribution < -0.4 is 5.32 Å². The number of halogens is 1. The van der Waals surface area contributed by atoms with E-state index in [0.29, 0.717) is 12.2 Å². The minimum absolute atomic E-state index is 0.110. The number of carbonyl (C=O) groups is 1. The lowest BCUT2D eigenvalue weighted by Crippen LogP contribution is -2.36. The Morgan fingerprint density at radius 2 is 2.00 bits per heavy atom. The molecule has 0 aliphatic rings. The predicted molar refractivity (Wildman–Crippen MR) is 82.2 cm³/mol. The number of aliphatic hydroxyl groups excluding tert-OH is 1. The predicted octanol–water partition coefficient (Wildman–Crippen LogP) is 2.76. The van der Waals surface area contributed by atoms with Crippen molar-refractivity contribution in [2.24, 2.45) is 0 Å². The van der Waals surface area contributed by atoms with Crippen molar-refractivity contribution >= 4 is 23.3 Å². The van der Waals surface area contributed by atoms with E-state index in [1.165, 1.54) is 4.90 Å². The van der Waals surface area contributed by atoms with Gasteiger partial charge in [-0.05, 0) is 17.7 Å². The van der Waals surface area contributed by atoms with Crippen molar-refractivity contribution in [2.75, 3.05) is 18.5 Å². The van der Waals surface area contributed by atoms with Gasteiger partial charge in [-0.15, -0.1) is 0 Å².